The number of nitrogens with zero attached hydrogens (tertiary/aromatic N) is 1. The number of Topliss-reactive ketones (excluding diaryl/α,β-unsaturated/α-hetero) is 2. The van der Waals surface area contributed by atoms with Crippen molar-refractivity contribution in [3.8, 4) is 5.75 Å². The van der Waals surface area contributed by atoms with E-state index in [-0.39, 0.29) is 30.0 Å². The van der Waals surface area contributed by atoms with Crippen molar-refractivity contribution in [1.82, 2.24) is 4.90 Å². The summed E-state index contributed by atoms with van der Waals surface area (Å²) in [5.41, 5.74) is 5.18. The van der Waals surface area contributed by atoms with Gasteiger partial charge >= 0.3 is 0 Å². The lowest BCUT2D eigenvalue weighted by Crippen LogP contribution is -2.39. The average molecular weight is 505 g/mol. The summed E-state index contributed by atoms with van der Waals surface area (Å²) in [4.78, 5) is 40.9. The van der Waals surface area contributed by atoms with Crippen LogP contribution in [0.1, 0.15) is 56.9 Å². The quantitative estimate of drug-likeness (QED) is 0.538. The summed E-state index contributed by atoms with van der Waals surface area (Å²) in [5.74, 6) is 0.162. The SMILES string of the molecule is CCN1C2=C(C(=O)CCC2)C(c2ccc(OCC(=O)Nc3ccccc3Cl)cc2)C2=C1CCCC2=O. The maximum absolute atomic E-state index is 13.2. The molecule has 2 aromatic rings. The first-order valence-corrected chi connectivity index (χ1v) is 12.9. The van der Waals surface area contributed by atoms with Crippen LogP contribution in [-0.4, -0.2) is 35.5 Å². The van der Waals surface area contributed by atoms with Crippen LogP contribution in [0, 0.1) is 0 Å². The number of hydrogen-bond donors (Lipinski definition) is 1. The molecule has 2 aromatic carbocycles. The lowest BCUT2D eigenvalue weighted by molar-refractivity contribution is -0.118. The van der Waals surface area contributed by atoms with Gasteiger partial charge in [0.1, 0.15) is 5.75 Å². The molecule has 0 atom stereocenters. The minimum Gasteiger partial charge on any atom is -0.484 e. The van der Waals surface area contributed by atoms with Gasteiger partial charge < -0.3 is 15.0 Å². The molecule has 7 heteroatoms. The van der Waals surface area contributed by atoms with Crippen molar-refractivity contribution in [3.63, 3.8) is 0 Å². The lowest BCUT2D eigenvalue weighted by atomic mass is 9.71. The van der Waals surface area contributed by atoms with Crippen molar-refractivity contribution >= 4 is 34.8 Å². The highest BCUT2D eigenvalue weighted by molar-refractivity contribution is 6.33. The number of allylic oxidation sites excluding steroid dienone is 4. The van der Waals surface area contributed by atoms with Crippen LogP contribution in [-0.2, 0) is 14.4 Å². The number of nitrogens with one attached hydrogen (secondary N) is 1. The number of anilines is 1. The number of halogens is 1. The summed E-state index contributed by atoms with van der Waals surface area (Å²) in [6.45, 7) is 2.68. The Kier molecular flexibility index (Phi) is 6.97. The Morgan fingerprint density at radius 2 is 1.56 bits per heavy atom. The van der Waals surface area contributed by atoms with Gasteiger partial charge in [0.25, 0.3) is 5.91 Å². The topological polar surface area (TPSA) is 75.7 Å². The first-order valence-electron chi connectivity index (χ1n) is 12.5. The summed E-state index contributed by atoms with van der Waals surface area (Å²) in [6, 6.07) is 14.4. The van der Waals surface area contributed by atoms with Crippen LogP contribution in [0.15, 0.2) is 71.1 Å². The Morgan fingerprint density at radius 3 is 2.14 bits per heavy atom. The molecule has 0 radical (unpaired) electrons. The predicted molar refractivity (Wildman–Crippen MR) is 139 cm³/mol. The van der Waals surface area contributed by atoms with E-state index in [0.29, 0.717) is 29.3 Å². The van der Waals surface area contributed by atoms with Crippen molar-refractivity contribution in [3.05, 3.63) is 81.7 Å². The van der Waals surface area contributed by atoms with Gasteiger partial charge in [0.05, 0.1) is 10.7 Å². The third kappa shape index (κ3) is 4.58. The molecule has 1 heterocycles. The number of ether oxygens (including phenoxy) is 1. The van der Waals surface area contributed by atoms with Crippen LogP contribution in [0.5, 0.6) is 5.75 Å². The zero-order chi connectivity index (χ0) is 25.2. The van der Waals surface area contributed by atoms with Gasteiger partial charge in [-0.05, 0) is 62.4 Å². The van der Waals surface area contributed by atoms with Gasteiger partial charge in [-0.2, -0.15) is 0 Å². The van der Waals surface area contributed by atoms with E-state index in [9.17, 15) is 14.4 Å². The van der Waals surface area contributed by atoms with Crippen molar-refractivity contribution < 1.29 is 19.1 Å². The Hall–Kier alpha value is -3.38. The number of hydrogen-bond acceptors (Lipinski definition) is 5. The molecule has 1 N–H and O–H groups in total. The second-order valence-electron chi connectivity index (χ2n) is 9.34. The standard InChI is InChI=1S/C29H29ClN2O4/c1-2-32-22-9-5-11-24(33)28(22)27(29-23(32)10-6-12-25(29)34)18-13-15-19(16-14-18)36-17-26(35)31-21-8-4-3-7-20(21)30/h3-4,7-8,13-16,27H,2,5-6,9-12,17H2,1H3,(H,31,35). The number of rotatable bonds is 6. The molecule has 1 aliphatic heterocycles. The van der Waals surface area contributed by atoms with Gasteiger partial charge in [-0.1, -0.05) is 35.9 Å². The van der Waals surface area contributed by atoms with Crippen molar-refractivity contribution in [1.29, 1.82) is 0 Å². The molecule has 0 bridgehead atoms. The number of benzene rings is 2. The van der Waals surface area contributed by atoms with Crippen molar-refractivity contribution in [2.45, 2.75) is 51.4 Å². The molecule has 5 rings (SSSR count). The molecule has 3 aliphatic rings. The molecule has 0 fully saturated rings. The molecule has 36 heavy (non-hydrogen) atoms. The molecule has 0 unspecified atom stereocenters. The fourth-order valence-corrected chi connectivity index (χ4v) is 5.77. The third-order valence-electron chi connectivity index (χ3n) is 7.13. The van der Waals surface area contributed by atoms with Gasteiger partial charge in [-0.25, -0.2) is 0 Å². The zero-order valence-corrected chi connectivity index (χ0v) is 21.1. The van der Waals surface area contributed by atoms with E-state index in [1.165, 1.54) is 0 Å². The van der Waals surface area contributed by atoms with Crippen molar-refractivity contribution in [2.75, 3.05) is 18.5 Å². The Balaban J connectivity index is 1.39. The molecular formula is C29H29ClN2O4. The Labute approximate surface area is 216 Å². The molecule has 1 amide bonds. The van der Waals surface area contributed by atoms with Crippen molar-refractivity contribution in [2.24, 2.45) is 0 Å². The highest BCUT2D eigenvalue weighted by Gasteiger charge is 2.42. The fourth-order valence-electron chi connectivity index (χ4n) is 5.59. The minimum absolute atomic E-state index is 0.140. The van der Waals surface area contributed by atoms with Gasteiger partial charge in [0.2, 0.25) is 0 Å². The minimum atomic E-state index is -0.337. The van der Waals surface area contributed by atoms with Gasteiger partial charge in [-0.3, -0.25) is 14.4 Å². The molecule has 0 saturated carbocycles. The highest BCUT2D eigenvalue weighted by Crippen LogP contribution is 2.49. The first kappa shape index (κ1) is 24.3. The van der Waals surface area contributed by atoms with Gasteiger partial charge in [0.15, 0.2) is 18.2 Å². The van der Waals surface area contributed by atoms with Gasteiger partial charge in [-0.15, -0.1) is 0 Å². The van der Waals surface area contributed by atoms with E-state index < -0.39 is 0 Å². The van der Waals surface area contributed by atoms with Crippen LogP contribution in [0.4, 0.5) is 5.69 Å². The molecular weight excluding hydrogens is 476 g/mol. The number of amides is 1. The molecule has 0 aromatic heterocycles. The van der Waals surface area contributed by atoms with Gasteiger partial charge in [0, 0.05) is 47.8 Å². The Bertz CT molecular complexity index is 1230. The van der Waals surface area contributed by atoms with E-state index in [4.69, 9.17) is 16.3 Å². The fraction of sp³-hybridized carbons (Fsp3) is 0.345. The number of para-hydroxylation sites is 1. The summed E-state index contributed by atoms with van der Waals surface area (Å²) >= 11 is 6.10. The summed E-state index contributed by atoms with van der Waals surface area (Å²) in [7, 11) is 0. The van der Waals surface area contributed by atoms with Crippen LogP contribution < -0.4 is 10.1 Å². The molecule has 2 aliphatic carbocycles. The zero-order valence-electron chi connectivity index (χ0n) is 20.3. The van der Waals surface area contributed by atoms with E-state index in [2.05, 4.69) is 17.1 Å². The Morgan fingerprint density at radius 1 is 0.944 bits per heavy atom. The maximum Gasteiger partial charge on any atom is 0.262 e. The number of ketones is 2. The predicted octanol–water partition coefficient (Wildman–Crippen LogP) is 5.79. The second-order valence-corrected chi connectivity index (χ2v) is 9.74. The number of carbonyl (C=O) groups excluding carboxylic acids is 3. The van der Waals surface area contributed by atoms with Crippen LogP contribution >= 0.6 is 11.6 Å². The van der Waals surface area contributed by atoms with Crippen LogP contribution in [0.25, 0.3) is 0 Å². The highest BCUT2D eigenvalue weighted by atomic mass is 35.5. The third-order valence-corrected chi connectivity index (χ3v) is 7.46. The average Bonchev–Trinajstić information content (AvgIpc) is 2.88. The summed E-state index contributed by atoms with van der Waals surface area (Å²) in [5, 5.41) is 3.20. The van der Waals surface area contributed by atoms with E-state index in [1.807, 2.05) is 12.1 Å². The molecule has 0 spiro atoms. The normalized spacial score (nSPS) is 18.2. The van der Waals surface area contributed by atoms with E-state index in [0.717, 1.165) is 60.3 Å². The maximum atomic E-state index is 13.2. The monoisotopic (exact) mass is 504 g/mol. The van der Waals surface area contributed by atoms with Crippen LogP contribution in [0.2, 0.25) is 5.02 Å². The van der Waals surface area contributed by atoms with E-state index in [1.54, 1.807) is 36.4 Å². The first-order chi connectivity index (χ1) is 17.5. The molecule has 6 nitrogen and oxygen atoms in total. The van der Waals surface area contributed by atoms with E-state index >= 15 is 0 Å². The molecule has 0 saturated heterocycles. The van der Waals surface area contributed by atoms with Crippen LogP contribution in [0.3, 0.4) is 0 Å². The second kappa shape index (κ2) is 10.3. The summed E-state index contributed by atoms with van der Waals surface area (Å²) in [6.07, 6.45) is 4.45. The summed E-state index contributed by atoms with van der Waals surface area (Å²) < 4.78 is 5.69. The largest absolute Gasteiger partial charge is 0.484 e. The smallest absolute Gasteiger partial charge is 0.262 e. The molecule has 186 valence electrons. The number of carbonyl (C=O) groups is 3. The lowest BCUT2D eigenvalue weighted by Gasteiger charge is -2.43.